The van der Waals surface area contributed by atoms with E-state index in [2.05, 4.69) is 10.1 Å². The molecule has 2 aromatic rings. The highest BCUT2D eigenvalue weighted by Gasteiger charge is 2.15. The molecule has 0 unspecified atom stereocenters. The van der Waals surface area contributed by atoms with E-state index in [1.54, 1.807) is 17.0 Å². The van der Waals surface area contributed by atoms with Crippen LogP contribution in [0.3, 0.4) is 0 Å². The molecule has 0 bridgehead atoms. The number of carbonyl (C=O) groups excluding carboxylic acids is 3. The summed E-state index contributed by atoms with van der Waals surface area (Å²) >= 11 is 6.25. The van der Waals surface area contributed by atoms with Crippen LogP contribution in [0, 0.1) is 0 Å². The van der Waals surface area contributed by atoms with Crippen LogP contribution < -0.4 is 19.5 Å². The van der Waals surface area contributed by atoms with Crippen LogP contribution in [0.1, 0.15) is 24.2 Å². The van der Waals surface area contributed by atoms with Gasteiger partial charge in [0, 0.05) is 24.3 Å². The Morgan fingerprint density at radius 1 is 0.909 bits per heavy atom. The number of amides is 2. The standard InChI is InChI=1S/C23H27ClN2O7/c1-5-26(6-2)21(27)13-32-18-10-8-16(12-17(18)24)25-23(29)15-7-9-19(20(11-15)30-3)33-14-22(28)31-4/h7-12H,5-6,13-14H2,1-4H3,(H,25,29). The molecule has 2 rings (SSSR count). The molecular formula is C23H27ClN2O7. The maximum Gasteiger partial charge on any atom is 0.343 e. The number of methoxy groups -OCH3 is 2. The minimum absolute atomic E-state index is 0.128. The van der Waals surface area contributed by atoms with E-state index in [1.165, 1.54) is 38.5 Å². The highest BCUT2D eigenvalue weighted by molar-refractivity contribution is 6.32. The van der Waals surface area contributed by atoms with Gasteiger partial charge >= 0.3 is 5.97 Å². The van der Waals surface area contributed by atoms with Gasteiger partial charge in [-0.05, 0) is 50.2 Å². The maximum absolute atomic E-state index is 12.7. The number of rotatable bonds is 11. The molecule has 0 radical (unpaired) electrons. The Bertz CT molecular complexity index is 993. The number of hydrogen-bond acceptors (Lipinski definition) is 7. The lowest BCUT2D eigenvalue weighted by atomic mass is 10.1. The van der Waals surface area contributed by atoms with E-state index in [4.69, 9.17) is 25.8 Å². The molecule has 33 heavy (non-hydrogen) atoms. The summed E-state index contributed by atoms with van der Waals surface area (Å²) in [6.45, 7) is 4.57. The molecule has 0 aliphatic heterocycles. The Kier molecular flexibility index (Phi) is 9.81. The van der Waals surface area contributed by atoms with Gasteiger partial charge in [0.2, 0.25) is 0 Å². The lowest BCUT2D eigenvalue weighted by Gasteiger charge is -2.19. The van der Waals surface area contributed by atoms with Gasteiger partial charge in [-0.15, -0.1) is 0 Å². The number of halogens is 1. The number of nitrogens with zero attached hydrogens (tertiary/aromatic N) is 1. The molecule has 0 spiro atoms. The van der Waals surface area contributed by atoms with E-state index in [1.807, 2.05) is 13.8 Å². The number of esters is 1. The van der Waals surface area contributed by atoms with E-state index >= 15 is 0 Å². The Hall–Kier alpha value is -3.46. The van der Waals surface area contributed by atoms with Gasteiger partial charge in [0.05, 0.1) is 19.2 Å². The van der Waals surface area contributed by atoms with Crippen LogP contribution in [0.15, 0.2) is 36.4 Å². The van der Waals surface area contributed by atoms with Gasteiger partial charge in [0.1, 0.15) is 5.75 Å². The van der Waals surface area contributed by atoms with E-state index in [0.29, 0.717) is 35.8 Å². The summed E-state index contributed by atoms with van der Waals surface area (Å²) in [5.41, 5.74) is 0.746. The van der Waals surface area contributed by atoms with Crippen LogP contribution >= 0.6 is 11.6 Å². The molecule has 0 aliphatic rings. The van der Waals surface area contributed by atoms with Gasteiger partial charge in [0.25, 0.3) is 11.8 Å². The first-order chi connectivity index (χ1) is 15.8. The molecule has 2 amide bonds. The van der Waals surface area contributed by atoms with Crippen LogP contribution in [-0.2, 0) is 14.3 Å². The second kappa shape index (κ2) is 12.5. The van der Waals surface area contributed by atoms with Crippen LogP contribution in [0.25, 0.3) is 0 Å². The zero-order valence-corrected chi connectivity index (χ0v) is 19.7. The van der Waals surface area contributed by atoms with E-state index < -0.39 is 11.9 Å². The van der Waals surface area contributed by atoms with Crippen molar-refractivity contribution in [3.05, 3.63) is 47.0 Å². The topological polar surface area (TPSA) is 103 Å². The predicted molar refractivity (Wildman–Crippen MR) is 123 cm³/mol. The first-order valence-electron chi connectivity index (χ1n) is 10.2. The van der Waals surface area contributed by atoms with Gasteiger partial charge in [-0.25, -0.2) is 4.79 Å². The van der Waals surface area contributed by atoms with Gasteiger partial charge < -0.3 is 29.2 Å². The smallest absolute Gasteiger partial charge is 0.343 e. The summed E-state index contributed by atoms with van der Waals surface area (Å²) in [7, 11) is 2.68. The summed E-state index contributed by atoms with van der Waals surface area (Å²) in [5, 5.41) is 2.99. The molecule has 178 valence electrons. The average Bonchev–Trinajstić information content (AvgIpc) is 2.82. The largest absolute Gasteiger partial charge is 0.493 e. The SMILES string of the molecule is CCN(CC)C(=O)COc1ccc(NC(=O)c2ccc(OCC(=O)OC)c(OC)c2)cc1Cl. The van der Waals surface area contributed by atoms with Crippen molar-refractivity contribution in [2.75, 3.05) is 45.8 Å². The minimum atomic E-state index is -0.541. The molecule has 9 nitrogen and oxygen atoms in total. The van der Waals surface area contributed by atoms with Crippen molar-refractivity contribution in [3.8, 4) is 17.2 Å². The fourth-order valence-corrected chi connectivity index (χ4v) is 3.06. The number of hydrogen-bond donors (Lipinski definition) is 1. The first-order valence-corrected chi connectivity index (χ1v) is 10.6. The van der Waals surface area contributed by atoms with E-state index in [0.717, 1.165) is 0 Å². The lowest BCUT2D eigenvalue weighted by Crippen LogP contribution is -2.34. The normalized spacial score (nSPS) is 10.2. The number of nitrogens with one attached hydrogen (secondary N) is 1. The number of likely N-dealkylation sites (N-methyl/N-ethyl adjacent to an activating group) is 1. The molecule has 0 saturated carbocycles. The second-order valence-corrected chi connectivity index (χ2v) is 7.09. The van der Waals surface area contributed by atoms with Crippen LogP contribution in [0.4, 0.5) is 5.69 Å². The zero-order chi connectivity index (χ0) is 24.4. The van der Waals surface area contributed by atoms with Crippen molar-refractivity contribution in [3.63, 3.8) is 0 Å². The zero-order valence-electron chi connectivity index (χ0n) is 19.0. The molecule has 2 aromatic carbocycles. The maximum atomic E-state index is 12.7. The van der Waals surface area contributed by atoms with Crippen molar-refractivity contribution in [2.24, 2.45) is 0 Å². The fraction of sp³-hybridized carbons (Fsp3) is 0.348. The lowest BCUT2D eigenvalue weighted by molar-refractivity contribution is -0.143. The van der Waals surface area contributed by atoms with Gasteiger partial charge in [-0.1, -0.05) is 11.6 Å². The summed E-state index contributed by atoms with van der Waals surface area (Å²) < 4.78 is 20.6. The molecule has 0 heterocycles. The molecule has 0 aliphatic carbocycles. The predicted octanol–water partition coefficient (Wildman–Crippen LogP) is 3.40. The highest BCUT2D eigenvalue weighted by Crippen LogP contribution is 2.30. The molecule has 10 heteroatoms. The Morgan fingerprint density at radius 2 is 1.58 bits per heavy atom. The van der Waals surface area contributed by atoms with E-state index in [-0.39, 0.29) is 29.9 Å². The number of carbonyl (C=O) groups is 3. The molecule has 0 atom stereocenters. The first kappa shape index (κ1) is 25.8. The number of ether oxygens (including phenoxy) is 4. The molecule has 1 N–H and O–H groups in total. The third-order valence-electron chi connectivity index (χ3n) is 4.66. The molecule has 0 fully saturated rings. The van der Waals surface area contributed by atoms with Crippen LogP contribution in [-0.4, -0.2) is 63.2 Å². The van der Waals surface area contributed by atoms with Crippen molar-refractivity contribution < 1.29 is 33.3 Å². The van der Waals surface area contributed by atoms with Gasteiger partial charge in [-0.2, -0.15) is 0 Å². The molecular weight excluding hydrogens is 452 g/mol. The van der Waals surface area contributed by atoms with Crippen LogP contribution in [0.5, 0.6) is 17.2 Å². The summed E-state index contributed by atoms with van der Waals surface area (Å²) in [6.07, 6.45) is 0. The summed E-state index contributed by atoms with van der Waals surface area (Å²) in [5.74, 6) is -0.172. The van der Waals surface area contributed by atoms with Crippen molar-refractivity contribution in [2.45, 2.75) is 13.8 Å². The van der Waals surface area contributed by atoms with Crippen molar-refractivity contribution in [1.29, 1.82) is 0 Å². The van der Waals surface area contributed by atoms with Crippen molar-refractivity contribution >= 4 is 35.1 Å². The Labute approximate surface area is 197 Å². The average molecular weight is 479 g/mol. The minimum Gasteiger partial charge on any atom is -0.493 e. The molecule has 0 aromatic heterocycles. The van der Waals surface area contributed by atoms with Gasteiger partial charge in [-0.3, -0.25) is 9.59 Å². The Morgan fingerprint density at radius 3 is 2.18 bits per heavy atom. The van der Waals surface area contributed by atoms with Crippen LogP contribution in [0.2, 0.25) is 5.02 Å². The third-order valence-corrected chi connectivity index (χ3v) is 4.95. The Balaban J connectivity index is 2.04. The summed E-state index contributed by atoms with van der Waals surface area (Å²) in [6, 6.07) is 9.27. The van der Waals surface area contributed by atoms with E-state index in [9.17, 15) is 14.4 Å². The quantitative estimate of drug-likeness (QED) is 0.493. The summed E-state index contributed by atoms with van der Waals surface area (Å²) in [4.78, 5) is 37.6. The molecule has 0 saturated heterocycles. The highest BCUT2D eigenvalue weighted by atomic mass is 35.5. The monoisotopic (exact) mass is 478 g/mol. The third kappa shape index (κ3) is 7.28. The van der Waals surface area contributed by atoms with Gasteiger partial charge in [0.15, 0.2) is 24.7 Å². The fourth-order valence-electron chi connectivity index (χ4n) is 2.83. The van der Waals surface area contributed by atoms with Crippen molar-refractivity contribution in [1.82, 2.24) is 4.90 Å². The number of benzene rings is 2. The number of anilines is 1. The second-order valence-electron chi connectivity index (χ2n) is 6.68.